The second-order valence-corrected chi connectivity index (χ2v) is 5.67. The summed E-state index contributed by atoms with van der Waals surface area (Å²) in [6.07, 6.45) is 2.15. The molecule has 0 spiro atoms. The minimum atomic E-state index is -0.382. The molecule has 0 aliphatic heterocycles. The normalized spacial score (nSPS) is 14.5. The minimum absolute atomic E-state index is 0.333. The van der Waals surface area contributed by atoms with Crippen LogP contribution in [0.3, 0.4) is 0 Å². The maximum Gasteiger partial charge on any atom is 0.224 e. The standard InChI is InChI=1S/C13H9BrClFN2O/c14-8-3-9(16)5-10(4-8)19-12-6-11(15)17-13(18-12)7-1-2-7/h3-7H,1-2H2. The molecule has 0 unspecified atom stereocenters. The number of nitrogens with zero attached hydrogens (tertiary/aromatic N) is 2. The van der Waals surface area contributed by atoms with Crippen LogP contribution in [0.25, 0.3) is 0 Å². The van der Waals surface area contributed by atoms with E-state index >= 15 is 0 Å². The van der Waals surface area contributed by atoms with E-state index in [2.05, 4.69) is 25.9 Å². The summed E-state index contributed by atoms with van der Waals surface area (Å²) in [7, 11) is 0. The molecule has 98 valence electrons. The highest BCUT2D eigenvalue weighted by atomic mass is 79.9. The summed E-state index contributed by atoms with van der Waals surface area (Å²) in [5.41, 5.74) is 0. The van der Waals surface area contributed by atoms with E-state index in [1.165, 1.54) is 18.2 Å². The molecule has 1 fully saturated rings. The Labute approximate surface area is 122 Å². The van der Waals surface area contributed by atoms with Crippen molar-refractivity contribution in [2.75, 3.05) is 0 Å². The first-order valence-electron chi connectivity index (χ1n) is 5.78. The number of rotatable bonds is 3. The van der Waals surface area contributed by atoms with E-state index in [4.69, 9.17) is 16.3 Å². The third-order valence-corrected chi connectivity index (χ3v) is 3.34. The first-order chi connectivity index (χ1) is 9.10. The molecule has 6 heteroatoms. The van der Waals surface area contributed by atoms with Gasteiger partial charge in [-0.25, -0.2) is 9.37 Å². The van der Waals surface area contributed by atoms with Gasteiger partial charge in [-0.05, 0) is 25.0 Å². The molecule has 0 saturated heterocycles. The Morgan fingerprint density at radius 2 is 2.00 bits per heavy atom. The zero-order valence-electron chi connectivity index (χ0n) is 9.74. The Hall–Kier alpha value is -1.20. The van der Waals surface area contributed by atoms with Crippen LogP contribution < -0.4 is 4.74 Å². The number of benzene rings is 1. The van der Waals surface area contributed by atoms with E-state index < -0.39 is 0 Å². The van der Waals surface area contributed by atoms with E-state index in [1.807, 2.05) is 0 Å². The van der Waals surface area contributed by atoms with E-state index in [0.717, 1.165) is 12.8 Å². The summed E-state index contributed by atoms with van der Waals surface area (Å²) >= 11 is 9.15. The summed E-state index contributed by atoms with van der Waals surface area (Å²) in [5.74, 6) is 1.38. The van der Waals surface area contributed by atoms with Gasteiger partial charge in [-0.2, -0.15) is 4.98 Å². The van der Waals surface area contributed by atoms with Crippen molar-refractivity contribution in [3.63, 3.8) is 0 Å². The lowest BCUT2D eigenvalue weighted by molar-refractivity contribution is 0.453. The van der Waals surface area contributed by atoms with Crippen molar-refractivity contribution in [3.8, 4) is 11.6 Å². The fourth-order valence-corrected chi connectivity index (χ4v) is 2.32. The van der Waals surface area contributed by atoms with Gasteiger partial charge in [-0.1, -0.05) is 27.5 Å². The van der Waals surface area contributed by atoms with Gasteiger partial charge in [0.1, 0.15) is 22.5 Å². The first kappa shape index (κ1) is 12.8. The molecular formula is C13H9BrClFN2O. The fraction of sp³-hybridized carbons (Fsp3) is 0.231. The smallest absolute Gasteiger partial charge is 0.224 e. The van der Waals surface area contributed by atoms with Crippen LogP contribution >= 0.6 is 27.5 Å². The fourth-order valence-electron chi connectivity index (χ4n) is 1.70. The summed E-state index contributed by atoms with van der Waals surface area (Å²) < 4.78 is 19.4. The third kappa shape index (κ3) is 3.22. The van der Waals surface area contributed by atoms with E-state index in [9.17, 15) is 4.39 Å². The molecule has 3 rings (SSSR count). The minimum Gasteiger partial charge on any atom is -0.439 e. The maximum atomic E-state index is 13.3. The molecule has 1 heterocycles. The van der Waals surface area contributed by atoms with Crippen LogP contribution in [0, 0.1) is 5.82 Å². The predicted molar refractivity (Wildman–Crippen MR) is 73.2 cm³/mol. The highest BCUT2D eigenvalue weighted by Gasteiger charge is 2.27. The molecule has 0 atom stereocenters. The zero-order chi connectivity index (χ0) is 13.4. The Morgan fingerprint density at radius 1 is 1.21 bits per heavy atom. The van der Waals surface area contributed by atoms with Gasteiger partial charge in [0.05, 0.1) is 0 Å². The van der Waals surface area contributed by atoms with Crippen LogP contribution in [-0.2, 0) is 0 Å². The molecule has 1 aliphatic carbocycles. The van der Waals surface area contributed by atoms with Gasteiger partial charge in [-0.3, -0.25) is 0 Å². The summed E-state index contributed by atoms with van der Waals surface area (Å²) in [5, 5.41) is 0.336. The third-order valence-electron chi connectivity index (χ3n) is 2.69. The van der Waals surface area contributed by atoms with Crippen LogP contribution in [0.2, 0.25) is 5.15 Å². The molecule has 1 aliphatic rings. The van der Waals surface area contributed by atoms with Crippen LogP contribution in [0.1, 0.15) is 24.6 Å². The number of halogens is 3. The monoisotopic (exact) mass is 342 g/mol. The van der Waals surface area contributed by atoms with E-state index in [1.54, 1.807) is 6.07 Å². The van der Waals surface area contributed by atoms with Gasteiger partial charge in [0.15, 0.2) is 0 Å². The Morgan fingerprint density at radius 3 is 2.68 bits per heavy atom. The van der Waals surface area contributed by atoms with E-state index in [-0.39, 0.29) is 5.82 Å². The lowest BCUT2D eigenvalue weighted by Gasteiger charge is -2.07. The molecule has 0 N–H and O–H groups in total. The topological polar surface area (TPSA) is 35.0 Å². The average molecular weight is 344 g/mol. The van der Waals surface area contributed by atoms with Crippen molar-refractivity contribution in [1.82, 2.24) is 9.97 Å². The summed E-state index contributed by atoms with van der Waals surface area (Å²) in [4.78, 5) is 8.46. The van der Waals surface area contributed by atoms with Crippen LogP contribution in [0.15, 0.2) is 28.7 Å². The molecule has 1 aromatic heterocycles. The quantitative estimate of drug-likeness (QED) is 0.758. The number of hydrogen-bond acceptors (Lipinski definition) is 3. The lowest BCUT2D eigenvalue weighted by atomic mass is 10.3. The molecular weight excluding hydrogens is 335 g/mol. The van der Waals surface area contributed by atoms with Crippen molar-refractivity contribution >= 4 is 27.5 Å². The van der Waals surface area contributed by atoms with Crippen LogP contribution in [0.4, 0.5) is 4.39 Å². The summed E-state index contributed by atoms with van der Waals surface area (Å²) in [6.45, 7) is 0. The first-order valence-corrected chi connectivity index (χ1v) is 6.96. The Bertz CT molecular complexity index is 614. The zero-order valence-corrected chi connectivity index (χ0v) is 12.1. The van der Waals surface area contributed by atoms with Crippen LogP contribution in [0.5, 0.6) is 11.6 Å². The largest absolute Gasteiger partial charge is 0.439 e. The molecule has 19 heavy (non-hydrogen) atoms. The molecule has 0 radical (unpaired) electrons. The van der Waals surface area contributed by atoms with Crippen molar-refractivity contribution < 1.29 is 9.13 Å². The van der Waals surface area contributed by atoms with Gasteiger partial charge in [0.2, 0.25) is 5.88 Å². The molecule has 0 amide bonds. The Balaban J connectivity index is 1.89. The number of aromatic nitrogens is 2. The van der Waals surface area contributed by atoms with Gasteiger partial charge in [0.25, 0.3) is 0 Å². The lowest BCUT2D eigenvalue weighted by Crippen LogP contribution is -1.96. The number of hydrogen-bond donors (Lipinski definition) is 0. The van der Waals surface area contributed by atoms with Gasteiger partial charge < -0.3 is 4.74 Å². The van der Waals surface area contributed by atoms with Crippen molar-refractivity contribution in [2.45, 2.75) is 18.8 Å². The van der Waals surface area contributed by atoms with E-state index in [0.29, 0.717) is 33.0 Å². The summed E-state index contributed by atoms with van der Waals surface area (Å²) in [6, 6.07) is 5.83. The molecule has 1 aromatic carbocycles. The molecule has 2 aromatic rings. The highest BCUT2D eigenvalue weighted by molar-refractivity contribution is 9.10. The average Bonchev–Trinajstić information content (AvgIpc) is 3.09. The van der Waals surface area contributed by atoms with Crippen molar-refractivity contribution in [2.24, 2.45) is 0 Å². The Kier molecular flexibility index (Phi) is 3.41. The second-order valence-electron chi connectivity index (χ2n) is 4.37. The number of ether oxygens (including phenoxy) is 1. The van der Waals surface area contributed by atoms with Gasteiger partial charge in [-0.15, -0.1) is 0 Å². The van der Waals surface area contributed by atoms with Gasteiger partial charge in [0, 0.05) is 22.5 Å². The van der Waals surface area contributed by atoms with Crippen molar-refractivity contribution in [3.05, 3.63) is 45.5 Å². The van der Waals surface area contributed by atoms with Crippen molar-refractivity contribution in [1.29, 1.82) is 0 Å². The molecule has 0 bridgehead atoms. The second kappa shape index (κ2) is 5.06. The van der Waals surface area contributed by atoms with Gasteiger partial charge >= 0.3 is 0 Å². The highest BCUT2D eigenvalue weighted by Crippen LogP contribution is 2.39. The molecule has 3 nitrogen and oxygen atoms in total. The SMILES string of the molecule is Fc1cc(Br)cc(Oc2cc(Cl)nc(C3CC3)n2)c1. The van der Waals surface area contributed by atoms with Crippen LogP contribution in [-0.4, -0.2) is 9.97 Å². The predicted octanol–water partition coefficient (Wildman–Crippen LogP) is 4.70. The maximum absolute atomic E-state index is 13.3. The molecule has 1 saturated carbocycles.